The quantitative estimate of drug-likeness (QED) is 0.149. The van der Waals surface area contributed by atoms with Crippen LogP contribution in [0.1, 0.15) is 12.5 Å². The Kier molecular flexibility index (Phi) is 9.52. The summed E-state index contributed by atoms with van der Waals surface area (Å²) in [4.78, 5) is 23.1. The van der Waals surface area contributed by atoms with E-state index in [4.69, 9.17) is 23.7 Å². The summed E-state index contributed by atoms with van der Waals surface area (Å²) in [5.74, 6) is -3.80. The van der Waals surface area contributed by atoms with E-state index < -0.39 is 86.6 Å². The number of carbonyl (C=O) groups is 2. The molecule has 0 radical (unpaired) electrons. The van der Waals surface area contributed by atoms with Gasteiger partial charge in [0.05, 0.1) is 0 Å². The van der Waals surface area contributed by atoms with Crippen LogP contribution in [0.25, 0.3) is 6.08 Å². The van der Waals surface area contributed by atoms with E-state index in [2.05, 4.69) is 0 Å². The van der Waals surface area contributed by atoms with Gasteiger partial charge in [0, 0.05) is 13.0 Å². The van der Waals surface area contributed by atoms with E-state index >= 15 is 0 Å². The minimum atomic E-state index is -2.35. The zero-order chi connectivity index (χ0) is 26.5. The molecule has 2 heterocycles. The molecule has 3 rings (SSSR count). The van der Waals surface area contributed by atoms with Gasteiger partial charge in [-0.25, -0.2) is 4.79 Å². The highest BCUT2D eigenvalue weighted by Gasteiger charge is 2.58. The first-order valence-electron chi connectivity index (χ1n) is 11.1. The average molecular weight is 514 g/mol. The van der Waals surface area contributed by atoms with E-state index in [0.717, 1.165) is 18.6 Å². The standard InChI is InChI=1S/C23H30O13/c1-12(25)32-9-14-17(27)19(29)20(30)22(34-14)36-23(11-24)21(31)18(28)15(35-23)10-33-16(26)8-7-13-5-3-2-4-6-13/h2-8,14-15,17-22,24,27-31H,9-11H2,1H3/b8-7+/t14-,15-,17-,18-,19+,20-,21+,22-,23+/m1/s1. The third-order valence-electron chi connectivity index (χ3n) is 5.76. The summed E-state index contributed by atoms with van der Waals surface area (Å²) in [5.41, 5.74) is 0.750. The molecule has 0 saturated carbocycles. The Bertz CT molecular complexity index is 909. The third-order valence-corrected chi connectivity index (χ3v) is 5.76. The van der Waals surface area contributed by atoms with Crippen LogP contribution in [0.3, 0.4) is 0 Å². The van der Waals surface area contributed by atoms with Gasteiger partial charge < -0.3 is 54.3 Å². The van der Waals surface area contributed by atoms with Gasteiger partial charge in [0.15, 0.2) is 6.29 Å². The number of rotatable bonds is 9. The van der Waals surface area contributed by atoms with Crippen molar-refractivity contribution in [3.63, 3.8) is 0 Å². The maximum absolute atomic E-state index is 12.0. The maximum atomic E-state index is 12.0. The molecule has 6 N–H and O–H groups in total. The molecule has 9 atom stereocenters. The summed E-state index contributed by atoms with van der Waals surface area (Å²) in [6.07, 6.45) is -10.7. The van der Waals surface area contributed by atoms with Crippen molar-refractivity contribution in [2.24, 2.45) is 0 Å². The largest absolute Gasteiger partial charge is 0.463 e. The third kappa shape index (κ3) is 6.45. The molecule has 13 nitrogen and oxygen atoms in total. The summed E-state index contributed by atoms with van der Waals surface area (Å²) in [6.45, 7) is -0.938. The van der Waals surface area contributed by atoms with Gasteiger partial charge in [-0.1, -0.05) is 30.3 Å². The molecule has 200 valence electrons. The van der Waals surface area contributed by atoms with Crippen molar-refractivity contribution in [3.05, 3.63) is 42.0 Å². The molecule has 13 heteroatoms. The molecule has 2 fully saturated rings. The Morgan fingerprint density at radius 2 is 1.61 bits per heavy atom. The molecule has 0 amide bonds. The number of hydrogen-bond donors (Lipinski definition) is 6. The van der Waals surface area contributed by atoms with Gasteiger partial charge in [0.2, 0.25) is 5.79 Å². The van der Waals surface area contributed by atoms with Crippen LogP contribution in [0.5, 0.6) is 0 Å². The van der Waals surface area contributed by atoms with E-state index in [9.17, 15) is 40.2 Å². The lowest BCUT2D eigenvalue weighted by molar-refractivity contribution is -0.383. The molecule has 0 aromatic heterocycles. The number of benzene rings is 1. The molecule has 0 bridgehead atoms. The summed E-state index contributed by atoms with van der Waals surface area (Å²) in [6, 6.07) is 8.93. The predicted octanol–water partition coefficient (Wildman–Crippen LogP) is -2.56. The normalized spacial score (nSPS) is 36.6. The first kappa shape index (κ1) is 28.1. The van der Waals surface area contributed by atoms with Crippen LogP contribution in [0.15, 0.2) is 36.4 Å². The summed E-state index contributed by atoms with van der Waals surface area (Å²) < 4.78 is 26.1. The molecule has 2 saturated heterocycles. The maximum Gasteiger partial charge on any atom is 0.330 e. The van der Waals surface area contributed by atoms with Crippen molar-refractivity contribution in [1.29, 1.82) is 0 Å². The number of carbonyl (C=O) groups excluding carboxylic acids is 2. The zero-order valence-electron chi connectivity index (χ0n) is 19.3. The minimum Gasteiger partial charge on any atom is -0.463 e. The van der Waals surface area contributed by atoms with Gasteiger partial charge in [0.1, 0.15) is 62.5 Å². The second-order valence-electron chi connectivity index (χ2n) is 8.37. The smallest absolute Gasteiger partial charge is 0.330 e. The van der Waals surface area contributed by atoms with E-state index in [0.29, 0.717) is 0 Å². The first-order chi connectivity index (χ1) is 17.1. The lowest BCUT2D eigenvalue weighted by atomic mass is 9.99. The van der Waals surface area contributed by atoms with E-state index in [1.165, 1.54) is 6.08 Å². The molecule has 0 aliphatic carbocycles. The van der Waals surface area contributed by atoms with Crippen LogP contribution in [0, 0.1) is 0 Å². The molecule has 1 aromatic rings. The second kappa shape index (κ2) is 12.2. The average Bonchev–Trinajstić information content (AvgIpc) is 3.11. The van der Waals surface area contributed by atoms with E-state index in [-0.39, 0.29) is 0 Å². The number of esters is 2. The number of ether oxygens (including phenoxy) is 5. The van der Waals surface area contributed by atoms with Crippen LogP contribution in [0.4, 0.5) is 0 Å². The topological polar surface area (TPSA) is 202 Å². The fraction of sp³-hybridized carbons (Fsp3) is 0.565. The highest BCUT2D eigenvalue weighted by molar-refractivity contribution is 5.87. The molecule has 2 aliphatic rings. The van der Waals surface area contributed by atoms with Gasteiger partial charge in [-0.2, -0.15) is 0 Å². The molecule has 0 unspecified atom stereocenters. The van der Waals surface area contributed by atoms with Crippen molar-refractivity contribution in [1.82, 2.24) is 0 Å². The molecule has 1 aromatic carbocycles. The summed E-state index contributed by atoms with van der Waals surface area (Å²) in [5, 5.41) is 61.4. The molecule has 2 aliphatic heterocycles. The highest BCUT2D eigenvalue weighted by atomic mass is 16.8. The Balaban J connectivity index is 1.64. The van der Waals surface area contributed by atoms with Crippen LogP contribution in [-0.4, -0.2) is 117 Å². The monoisotopic (exact) mass is 514 g/mol. The van der Waals surface area contributed by atoms with Gasteiger partial charge in [-0.05, 0) is 11.6 Å². The Hall–Kier alpha value is -2.46. The molecule has 36 heavy (non-hydrogen) atoms. The number of aliphatic hydroxyl groups excluding tert-OH is 6. The van der Waals surface area contributed by atoms with Crippen molar-refractivity contribution >= 4 is 18.0 Å². The first-order valence-corrected chi connectivity index (χ1v) is 11.1. The van der Waals surface area contributed by atoms with E-state index in [1.54, 1.807) is 24.3 Å². The zero-order valence-corrected chi connectivity index (χ0v) is 19.3. The van der Waals surface area contributed by atoms with E-state index in [1.807, 2.05) is 6.07 Å². The molecular formula is C23H30O13. The summed E-state index contributed by atoms with van der Waals surface area (Å²) in [7, 11) is 0. The van der Waals surface area contributed by atoms with Gasteiger partial charge in [-0.3, -0.25) is 4.79 Å². The number of aliphatic hydroxyl groups is 6. The SMILES string of the molecule is CC(=O)OC[C@H]1O[C@H](O[C@]2(CO)O[C@H](COC(=O)/C=C/c3ccccc3)[C@@H](O)[C@@H]2O)[C@H](O)[C@@H](O)[C@@H]1O. The fourth-order valence-electron chi connectivity index (χ4n) is 3.75. The minimum absolute atomic E-state index is 0.493. The highest BCUT2D eigenvalue weighted by Crippen LogP contribution is 2.36. The number of hydrogen-bond acceptors (Lipinski definition) is 13. The lowest BCUT2D eigenvalue weighted by Gasteiger charge is -2.43. The second-order valence-corrected chi connectivity index (χ2v) is 8.37. The van der Waals surface area contributed by atoms with Crippen molar-refractivity contribution in [2.75, 3.05) is 19.8 Å². The van der Waals surface area contributed by atoms with Gasteiger partial charge in [0.25, 0.3) is 0 Å². The Morgan fingerprint density at radius 1 is 0.944 bits per heavy atom. The predicted molar refractivity (Wildman–Crippen MR) is 118 cm³/mol. The molecular weight excluding hydrogens is 484 g/mol. The van der Waals surface area contributed by atoms with Gasteiger partial charge in [-0.15, -0.1) is 0 Å². The van der Waals surface area contributed by atoms with Crippen molar-refractivity contribution in [2.45, 2.75) is 61.7 Å². The lowest BCUT2D eigenvalue weighted by Crippen LogP contribution is -2.62. The van der Waals surface area contributed by atoms with Crippen molar-refractivity contribution < 1.29 is 63.9 Å². The van der Waals surface area contributed by atoms with Crippen LogP contribution < -0.4 is 0 Å². The van der Waals surface area contributed by atoms with Crippen molar-refractivity contribution in [3.8, 4) is 0 Å². The fourth-order valence-corrected chi connectivity index (χ4v) is 3.75. The van der Waals surface area contributed by atoms with Crippen LogP contribution in [0.2, 0.25) is 0 Å². The Labute approximate surface area is 206 Å². The van der Waals surface area contributed by atoms with Crippen LogP contribution in [-0.2, 0) is 33.3 Å². The van der Waals surface area contributed by atoms with Gasteiger partial charge >= 0.3 is 11.9 Å². The Morgan fingerprint density at radius 3 is 2.25 bits per heavy atom. The molecule has 0 spiro atoms. The summed E-state index contributed by atoms with van der Waals surface area (Å²) >= 11 is 0. The van der Waals surface area contributed by atoms with Crippen LogP contribution >= 0.6 is 0 Å².